The molecule has 0 amide bonds. The van der Waals surface area contributed by atoms with E-state index in [1.807, 2.05) is 18.2 Å². The average molecular weight is 247 g/mol. The first-order valence-corrected chi connectivity index (χ1v) is 6.41. The number of nitrogen functional groups attached to an aromatic ring is 1. The highest BCUT2D eigenvalue weighted by molar-refractivity contribution is 5.79. The Kier molecular flexibility index (Phi) is 3.75. The Morgan fingerprint density at radius 3 is 2.83 bits per heavy atom. The number of anilines is 1. The number of benzene rings is 1. The quantitative estimate of drug-likeness (QED) is 0.883. The lowest BCUT2D eigenvalue weighted by atomic mass is 10.1. The highest BCUT2D eigenvalue weighted by atomic mass is 16.5. The predicted molar refractivity (Wildman–Crippen MR) is 74.8 cm³/mol. The number of rotatable bonds is 5. The van der Waals surface area contributed by atoms with Gasteiger partial charge in [-0.05, 0) is 30.9 Å². The van der Waals surface area contributed by atoms with E-state index in [0.29, 0.717) is 5.95 Å². The van der Waals surface area contributed by atoms with Crippen LogP contribution >= 0.6 is 0 Å². The largest absolute Gasteiger partial charge is 0.497 e. The zero-order chi connectivity index (χ0) is 13.1. The Morgan fingerprint density at radius 1 is 1.39 bits per heavy atom. The summed E-state index contributed by atoms with van der Waals surface area (Å²) in [5, 5.41) is 0. The van der Waals surface area contributed by atoms with Crippen molar-refractivity contribution in [1.29, 1.82) is 0 Å². The van der Waals surface area contributed by atoms with Gasteiger partial charge in [0.25, 0.3) is 0 Å². The molecule has 2 aromatic rings. The highest BCUT2D eigenvalue weighted by Crippen LogP contribution is 2.23. The molecule has 4 nitrogen and oxygen atoms in total. The Labute approximate surface area is 108 Å². The fraction of sp³-hybridized carbons (Fsp3) is 0.500. The van der Waals surface area contributed by atoms with Crippen molar-refractivity contribution >= 4 is 17.0 Å². The maximum Gasteiger partial charge on any atom is 0.201 e. The molecule has 0 fully saturated rings. The predicted octanol–water partition coefficient (Wildman–Crippen LogP) is 3.06. The first-order chi connectivity index (χ1) is 8.61. The summed E-state index contributed by atoms with van der Waals surface area (Å²) in [7, 11) is 1.67. The summed E-state index contributed by atoms with van der Waals surface area (Å²) < 4.78 is 7.32. The molecule has 2 rings (SSSR count). The summed E-state index contributed by atoms with van der Waals surface area (Å²) in [6, 6.07) is 5.85. The molecule has 0 saturated heterocycles. The Hall–Kier alpha value is -1.71. The topological polar surface area (TPSA) is 53.1 Å². The van der Waals surface area contributed by atoms with Gasteiger partial charge in [0.05, 0.1) is 18.1 Å². The van der Waals surface area contributed by atoms with Crippen LogP contribution in [0.1, 0.15) is 26.7 Å². The van der Waals surface area contributed by atoms with Crippen molar-refractivity contribution in [2.75, 3.05) is 12.8 Å². The first kappa shape index (κ1) is 12.7. The number of hydrogen-bond acceptors (Lipinski definition) is 3. The lowest BCUT2D eigenvalue weighted by Gasteiger charge is -2.08. The van der Waals surface area contributed by atoms with E-state index < -0.39 is 0 Å². The second-order valence-corrected chi connectivity index (χ2v) is 5.01. The van der Waals surface area contributed by atoms with Crippen LogP contribution in [0.5, 0.6) is 5.75 Å². The molecule has 2 N–H and O–H groups in total. The number of ether oxygens (including phenoxy) is 1. The summed E-state index contributed by atoms with van der Waals surface area (Å²) in [4.78, 5) is 4.37. The summed E-state index contributed by atoms with van der Waals surface area (Å²) >= 11 is 0. The molecule has 1 aromatic heterocycles. The van der Waals surface area contributed by atoms with E-state index in [1.54, 1.807) is 7.11 Å². The van der Waals surface area contributed by atoms with E-state index in [-0.39, 0.29) is 0 Å². The minimum absolute atomic E-state index is 0.585. The second kappa shape index (κ2) is 5.29. The number of imidazole rings is 1. The van der Waals surface area contributed by atoms with Crippen molar-refractivity contribution in [1.82, 2.24) is 9.55 Å². The van der Waals surface area contributed by atoms with Gasteiger partial charge in [0.15, 0.2) is 0 Å². The third-order valence-corrected chi connectivity index (χ3v) is 3.15. The maximum atomic E-state index is 5.97. The normalized spacial score (nSPS) is 11.3. The van der Waals surface area contributed by atoms with Gasteiger partial charge in [-0.3, -0.25) is 0 Å². The lowest BCUT2D eigenvalue weighted by molar-refractivity contribution is 0.415. The molecule has 0 aliphatic heterocycles. The third kappa shape index (κ3) is 2.58. The second-order valence-electron chi connectivity index (χ2n) is 5.01. The van der Waals surface area contributed by atoms with Crippen LogP contribution < -0.4 is 10.5 Å². The number of hydrogen-bond donors (Lipinski definition) is 1. The molecule has 0 unspecified atom stereocenters. The van der Waals surface area contributed by atoms with Crippen molar-refractivity contribution in [2.24, 2.45) is 5.92 Å². The Morgan fingerprint density at radius 2 is 2.17 bits per heavy atom. The number of fused-ring (bicyclic) bond motifs is 1. The molecule has 4 heteroatoms. The van der Waals surface area contributed by atoms with Gasteiger partial charge in [-0.2, -0.15) is 0 Å². The van der Waals surface area contributed by atoms with Crippen LogP contribution in [0.3, 0.4) is 0 Å². The van der Waals surface area contributed by atoms with Crippen molar-refractivity contribution in [3.63, 3.8) is 0 Å². The summed E-state index contributed by atoms with van der Waals surface area (Å²) in [6.45, 7) is 5.38. The van der Waals surface area contributed by atoms with E-state index in [0.717, 1.165) is 35.7 Å². The van der Waals surface area contributed by atoms with Crippen LogP contribution in [-0.2, 0) is 6.54 Å². The van der Waals surface area contributed by atoms with Crippen LogP contribution in [-0.4, -0.2) is 16.7 Å². The molecule has 0 radical (unpaired) electrons. The summed E-state index contributed by atoms with van der Waals surface area (Å²) in [6.07, 6.45) is 2.31. The van der Waals surface area contributed by atoms with Crippen molar-refractivity contribution in [2.45, 2.75) is 33.2 Å². The number of aryl methyl sites for hydroxylation is 1. The number of methoxy groups -OCH3 is 1. The first-order valence-electron chi connectivity index (χ1n) is 6.41. The van der Waals surface area contributed by atoms with Crippen LogP contribution in [0, 0.1) is 5.92 Å². The van der Waals surface area contributed by atoms with Gasteiger partial charge in [0, 0.05) is 12.6 Å². The van der Waals surface area contributed by atoms with Gasteiger partial charge in [-0.1, -0.05) is 13.8 Å². The number of nitrogens with two attached hydrogens (primary N) is 1. The van der Waals surface area contributed by atoms with Crippen LogP contribution in [0.25, 0.3) is 11.0 Å². The van der Waals surface area contributed by atoms with E-state index >= 15 is 0 Å². The SMILES string of the molecule is COc1ccc2nc(N)n(CCCC(C)C)c2c1. The molecule has 0 atom stereocenters. The molecule has 0 aliphatic carbocycles. The van der Waals surface area contributed by atoms with Gasteiger partial charge in [-0.15, -0.1) is 0 Å². The summed E-state index contributed by atoms with van der Waals surface area (Å²) in [5.41, 5.74) is 7.95. The highest BCUT2D eigenvalue weighted by Gasteiger charge is 2.09. The smallest absolute Gasteiger partial charge is 0.201 e. The third-order valence-electron chi connectivity index (χ3n) is 3.15. The zero-order valence-corrected chi connectivity index (χ0v) is 11.3. The van der Waals surface area contributed by atoms with Crippen molar-refractivity contribution in [3.05, 3.63) is 18.2 Å². The molecule has 98 valence electrons. The van der Waals surface area contributed by atoms with E-state index in [2.05, 4.69) is 23.4 Å². The Balaban J connectivity index is 2.27. The average Bonchev–Trinajstić information content (AvgIpc) is 2.64. The summed E-state index contributed by atoms with van der Waals surface area (Å²) in [5.74, 6) is 2.14. The molecule has 0 bridgehead atoms. The minimum atomic E-state index is 0.585. The lowest BCUT2D eigenvalue weighted by Crippen LogP contribution is -2.04. The van der Waals surface area contributed by atoms with Gasteiger partial charge in [-0.25, -0.2) is 4.98 Å². The molecule has 0 aliphatic rings. The van der Waals surface area contributed by atoms with E-state index in [9.17, 15) is 0 Å². The van der Waals surface area contributed by atoms with Crippen LogP contribution in [0.2, 0.25) is 0 Å². The van der Waals surface area contributed by atoms with Gasteiger partial charge in [0.1, 0.15) is 5.75 Å². The zero-order valence-electron chi connectivity index (χ0n) is 11.3. The standard InChI is InChI=1S/C14H21N3O/c1-10(2)5-4-8-17-13-9-11(18-3)6-7-12(13)16-14(17)15/h6-7,9-10H,4-5,8H2,1-3H3,(H2,15,16). The van der Waals surface area contributed by atoms with Crippen molar-refractivity contribution in [3.8, 4) is 5.75 Å². The molecule has 0 spiro atoms. The van der Waals surface area contributed by atoms with Crippen LogP contribution in [0.15, 0.2) is 18.2 Å². The van der Waals surface area contributed by atoms with Crippen molar-refractivity contribution < 1.29 is 4.74 Å². The molecule has 1 heterocycles. The number of aromatic nitrogens is 2. The monoisotopic (exact) mass is 247 g/mol. The van der Waals surface area contributed by atoms with Gasteiger partial charge >= 0.3 is 0 Å². The van der Waals surface area contributed by atoms with E-state index in [4.69, 9.17) is 10.5 Å². The van der Waals surface area contributed by atoms with E-state index in [1.165, 1.54) is 6.42 Å². The molecular weight excluding hydrogens is 226 g/mol. The molecule has 1 aromatic carbocycles. The molecule has 0 saturated carbocycles. The van der Waals surface area contributed by atoms with Crippen LogP contribution in [0.4, 0.5) is 5.95 Å². The number of nitrogens with zero attached hydrogens (tertiary/aromatic N) is 2. The fourth-order valence-corrected chi connectivity index (χ4v) is 2.14. The van der Waals surface area contributed by atoms with Gasteiger partial charge in [0.2, 0.25) is 5.95 Å². The molecular formula is C14H21N3O. The molecule has 18 heavy (non-hydrogen) atoms. The Bertz CT molecular complexity index is 531. The fourth-order valence-electron chi connectivity index (χ4n) is 2.14. The maximum absolute atomic E-state index is 5.97. The van der Waals surface area contributed by atoms with Gasteiger partial charge < -0.3 is 15.0 Å². The minimum Gasteiger partial charge on any atom is -0.497 e.